The maximum absolute atomic E-state index is 15.5. The molecule has 62 heavy (non-hydrogen) atoms. The molecule has 19 heteroatoms. The largest absolute Gasteiger partial charge is 0.435 e. The Morgan fingerprint density at radius 1 is 1.08 bits per heavy atom. The first-order chi connectivity index (χ1) is 28.8. The van der Waals surface area contributed by atoms with E-state index in [1.54, 1.807) is 39.1 Å². The fourth-order valence-corrected chi connectivity index (χ4v) is 9.49. The van der Waals surface area contributed by atoms with Gasteiger partial charge in [-0.2, -0.15) is 32.1 Å². The summed E-state index contributed by atoms with van der Waals surface area (Å²) in [4.78, 5) is 19.0. The Morgan fingerprint density at radius 2 is 1.74 bits per heavy atom. The summed E-state index contributed by atoms with van der Waals surface area (Å²) in [5.41, 5.74) is -2.95. The molecule has 0 amide bonds. The number of ketones is 1. The number of rotatable bonds is 10. The summed E-state index contributed by atoms with van der Waals surface area (Å²) in [6, 6.07) is 9.10. The average Bonchev–Trinajstić information content (AvgIpc) is 3.69. The molecule has 5 aromatic rings. The van der Waals surface area contributed by atoms with Crippen molar-refractivity contribution in [1.82, 2.24) is 24.5 Å². The topological polar surface area (TPSA) is 121 Å². The lowest BCUT2D eigenvalue weighted by Gasteiger charge is -2.37. The van der Waals surface area contributed by atoms with Gasteiger partial charge in [0.2, 0.25) is 0 Å². The normalized spacial score (nSPS) is 21.1. The Bertz CT molecular complexity index is 2820. The summed E-state index contributed by atoms with van der Waals surface area (Å²) < 4.78 is 129. The van der Waals surface area contributed by atoms with Crippen LogP contribution in [0.4, 0.5) is 30.7 Å². The standard InChI is InChI=1S/C43H39ClF7N5O5S/c1-40(2)60-20-41(58,21-61-40)11-10-26-6-7-28(29-8-9-32(44)35-33(19-62(4,5)59)53-55(3)37(29)35)36(52-26)23(12-22-13-24(45)16-25(46)14-22)15-27(57)18-56-39-34(38(54-56)43(49,50)51)30-17-31(30)42(39,47)48/h6-9,13-14,16,23,30-31,58H,4,12,15,17-21H2,1-3,5H3/t23-,30+,31-,62?/m1/s1. The number of pyridine rings is 1. The van der Waals surface area contributed by atoms with E-state index in [-0.39, 0.29) is 53.8 Å². The van der Waals surface area contributed by atoms with Crippen LogP contribution in [-0.4, -0.2) is 76.4 Å². The zero-order chi connectivity index (χ0) is 44.9. The predicted molar refractivity (Wildman–Crippen MR) is 216 cm³/mol. The highest BCUT2D eigenvalue weighted by Gasteiger charge is 2.68. The quantitative estimate of drug-likeness (QED) is 0.0861. The fraction of sp³-hybridized carbons (Fsp3) is 0.419. The molecule has 3 aromatic heterocycles. The number of Topliss-reactive ketones (excluding diaryl/α,β-unsaturated/α-hetero) is 1. The molecule has 4 heterocycles. The number of carbonyl (C=O) groups excluding carboxylic acids is 1. The van der Waals surface area contributed by atoms with E-state index in [1.807, 2.05) is 0 Å². The molecule has 2 aliphatic carbocycles. The molecular formula is C43H39ClF7N5O5S. The van der Waals surface area contributed by atoms with Crippen LogP contribution in [0.1, 0.15) is 78.1 Å². The van der Waals surface area contributed by atoms with Crippen LogP contribution in [0.25, 0.3) is 22.0 Å². The molecule has 2 fully saturated rings. The molecule has 2 aromatic carbocycles. The third kappa shape index (κ3) is 8.49. The van der Waals surface area contributed by atoms with Gasteiger partial charge in [-0.3, -0.25) is 18.4 Å². The summed E-state index contributed by atoms with van der Waals surface area (Å²) in [6.07, 6.45) is -4.60. The number of hydrogen-bond acceptors (Lipinski definition) is 8. The third-order valence-electron chi connectivity index (χ3n) is 11.2. The van der Waals surface area contributed by atoms with Crippen molar-refractivity contribution >= 4 is 43.7 Å². The number of aromatic nitrogens is 5. The highest BCUT2D eigenvalue weighted by atomic mass is 35.5. The molecule has 0 bridgehead atoms. The Kier molecular flexibility index (Phi) is 10.7. The number of carbonyl (C=O) groups is 1. The Morgan fingerprint density at radius 3 is 2.39 bits per heavy atom. The molecular weight excluding hydrogens is 867 g/mol. The second-order valence-electron chi connectivity index (χ2n) is 16.9. The summed E-state index contributed by atoms with van der Waals surface area (Å²) in [5, 5.41) is 20.0. The van der Waals surface area contributed by atoms with Gasteiger partial charge in [-0.25, -0.2) is 13.8 Å². The molecule has 4 atom stereocenters. The van der Waals surface area contributed by atoms with Crippen LogP contribution in [0.3, 0.4) is 0 Å². The van der Waals surface area contributed by atoms with E-state index in [2.05, 4.69) is 27.9 Å². The van der Waals surface area contributed by atoms with E-state index in [0.29, 0.717) is 38.5 Å². The number of aliphatic hydroxyl groups is 1. The van der Waals surface area contributed by atoms with Crippen LogP contribution in [-0.2, 0) is 61.7 Å². The van der Waals surface area contributed by atoms with Crippen LogP contribution in [0, 0.1) is 29.4 Å². The van der Waals surface area contributed by atoms with Gasteiger partial charge in [-0.1, -0.05) is 23.6 Å². The molecule has 8 rings (SSSR count). The summed E-state index contributed by atoms with van der Waals surface area (Å²) >= 11 is 6.73. The number of alkyl halides is 5. The summed E-state index contributed by atoms with van der Waals surface area (Å²) in [7, 11) is -0.991. The molecule has 1 unspecified atom stereocenters. The number of fused-ring (bicyclic) bond motifs is 4. The molecule has 0 spiro atoms. The molecule has 328 valence electrons. The molecule has 1 aliphatic heterocycles. The molecule has 3 aliphatic rings. The second-order valence-corrected chi connectivity index (χ2v) is 19.9. The van der Waals surface area contributed by atoms with Gasteiger partial charge < -0.3 is 14.6 Å². The first kappa shape index (κ1) is 43.8. The van der Waals surface area contributed by atoms with Crippen molar-refractivity contribution in [3.63, 3.8) is 0 Å². The lowest BCUT2D eigenvalue weighted by Crippen LogP contribution is -2.50. The first-order valence-corrected chi connectivity index (χ1v) is 22.0. The highest BCUT2D eigenvalue weighted by Crippen LogP contribution is 2.68. The molecule has 10 nitrogen and oxygen atoms in total. The van der Waals surface area contributed by atoms with E-state index in [0.717, 1.165) is 12.1 Å². The van der Waals surface area contributed by atoms with Crippen molar-refractivity contribution in [1.29, 1.82) is 0 Å². The van der Waals surface area contributed by atoms with E-state index in [9.17, 15) is 36.1 Å². The van der Waals surface area contributed by atoms with Gasteiger partial charge in [0.15, 0.2) is 22.9 Å². The first-order valence-electron chi connectivity index (χ1n) is 19.3. The van der Waals surface area contributed by atoms with Gasteiger partial charge >= 0.3 is 6.18 Å². The van der Waals surface area contributed by atoms with Gasteiger partial charge in [-0.05, 0) is 89.8 Å². The number of aryl methyl sites for hydroxylation is 1. The van der Waals surface area contributed by atoms with Crippen molar-refractivity contribution < 1.29 is 54.3 Å². The van der Waals surface area contributed by atoms with Gasteiger partial charge in [0.05, 0.1) is 40.9 Å². The van der Waals surface area contributed by atoms with E-state index < -0.39 is 98.1 Å². The number of hydrogen-bond donors (Lipinski definition) is 1. The molecule has 1 saturated carbocycles. The number of ether oxygens (including phenoxy) is 2. The number of nitrogens with zero attached hydrogens (tertiary/aromatic N) is 5. The Hall–Kier alpha value is -4.80. The minimum atomic E-state index is -5.06. The molecule has 1 saturated heterocycles. The Labute approximate surface area is 356 Å². The van der Waals surface area contributed by atoms with Crippen molar-refractivity contribution in [2.24, 2.45) is 13.0 Å². The van der Waals surface area contributed by atoms with Crippen LogP contribution >= 0.6 is 11.6 Å². The second kappa shape index (κ2) is 15.2. The van der Waals surface area contributed by atoms with Gasteiger partial charge in [0.1, 0.15) is 29.6 Å². The SMILES string of the molecule is C=S(C)(=O)Cc1nn(C)c2c(-c3ccc(C#CC4(O)COC(C)(C)OC4)nc3[C@@H](CC(=O)Cn3nc(C(F)(F)F)c4c3C(F)(F)[C@@H]3C[C@H]43)Cc3cc(F)cc(F)c3)ccc(Cl)c12. The number of halogens is 8. The summed E-state index contributed by atoms with van der Waals surface area (Å²) in [6.45, 7) is 1.94. The van der Waals surface area contributed by atoms with Gasteiger partial charge in [0, 0.05) is 59.7 Å². The van der Waals surface area contributed by atoms with Crippen LogP contribution < -0.4 is 0 Å². The fourth-order valence-electron chi connectivity index (χ4n) is 8.45. The Balaban J connectivity index is 1.27. The highest BCUT2D eigenvalue weighted by molar-refractivity contribution is 7.98. The van der Waals surface area contributed by atoms with Crippen LogP contribution in [0.2, 0.25) is 5.02 Å². The molecule has 1 N–H and O–H groups in total. The molecule has 0 radical (unpaired) electrons. The van der Waals surface area contributed by atoms with Crippen molar-refractivity contribution in [3.8, 4) is 23.0 Å². The maximum atomic E-state index is 15.5. The van der Waals surface area contributed by atoms with Crippen LogP contribution in [0.15, 0.2) is 42.5 Å². The van der Waals surface area contributed by atoms with Crippen LogP contribution in [0.5, 0.6) is 0 Å². The lowest BCUT2D eigenvalue weighted by atomic mass is 9.86. The average molecular weight is 906 g/mol. The van der Waals surface area contributed by atoms with Crippen molar-refractivity contribution in [2.45, 2.75) is 80.7 Å². The van der Waals surface area contributed by atoms with Gasteiger partial charge in [-0.15, -0.1) is 0 Å². The van der Waals surface area contributed by atoms with Crippen molar-refractivity contribution in [3.05, 3.63) is 98.7 Å². The number of benzene rings is 2. The lowest BCUT2D eigenvalue weighted by molar-refractivity contribution is -0.288. The minimum absolute atomic E-state index is 0.0311. The zero-order valence-electron chi connectivity index (χ0n) is 33.7. The van der Waals surface area contributed by atoms with E-state index >= 15 is 8.78 Å². The predicted octanol–water partition coefficient (Wildman–Crippen LogP) is 7.69. The zero-order valence-corrected chi connectivity index (χ0v) is 35.3. The monoisotopic (exact) mass is 905 g/mol. The minimum Gasteiger partial charge on any atom is -0.373 e. The van der Waals surface area contributed by atoms with E-state index in [4.69, 9.17) is 26.1 Å². The van der Waals surface area contributed by atoms with Crippen molar-refractivity contribution in [2.75, 3.05) is 19.5 Å². The smallest absolute Gasteiger partial charge is 0.373 e. The van der Waals surface area contributed by atoms with Gasteiger partial charge in [0.25, 0.3) is 5.92 Å². The summed E-state index contributed by atoms with van der Waals surface area (Å²) in [5.74, 6) is -1.58. The third-order valence-corrected chi connectivity index (χ3v) is 12.4. The maximum Gasteiger partial charge on any atom is 0.435 e. The van der Waals surface area contributed by atoms with E-state index in [1.165, 1.54) is 17.0 Å².